The van der Waals surface area contributed by atoms with Crippen LogP contribution in [-0.4, -0.2) is 4.98 Å². The van der Waals surface area contributed by atoms with Crippen LogP contribution in [0.3, 0.4) is 0 Å². The van der Waals surface area contributed by atoms with E-state index >= 15 is 0 Å². The lowest BCUT2D eigenvalue weighted by molar-refractivity contribution is 1.00. The highest BCUT2D eigenvalue weighted by atomic mass is 79.9. The zero-order valence-electron chi connectivity index (χ0n) is 8.56. The lowest BCUT2D eigenvalue weighted by Gasteiger charge is -2.06. The van der Waals surface area contributed by atoms with Crippen LogP contribution in [0.2, 0.25) is 0 Å². The minimum atomic E-state index is 0.543. The Bertz CT molecular complexity index is 471. The Balaban J connectivity index is 2.23. The standard InChI is InChI=1S/C12H11BrN2S/c13-10-1-3-11(4-2-10)16-12-8-15-6-5-9(12)7-14/h1-6,8H,7,14H2. The second kappa shape index (κ2) is 5.48. The molecule has 1 aromatic carbocycles. The molecule has 2 N–H and O–H groups in total. The van der Waals surface area contributed by atoms with Crippen molar-refractivity contribution < 1.29 is 0 Å². The van der Waals surface area contributed by atoms with Crippen molar-refractivity contribution in [3.8, 4) is 0 Å². The molecule has 0 saturated carbocycles. The van der Waals surface area contributed by atoms with Crippen LogP contribution in [0.5, 0.6) is 0 Å². The molecular weight excluding hydrogens is 284 g/mol. The van der Waals surface area contributed by atoms with Gasteiger partial charge in [-0.25, -0.2) is 0 Å². The highest BCUT2D eigenvalue weighted by Crippen LogP contribution is 2.30. The molecule has 2 aromatic rings. The number of nitrogens with zero attached hydrogens (tertiary/aromatic N) is 1. The fourth-order valence-electron chi connectivity index (χ4n) is 1.30. The first-order chi connectivity index (χ1) is 7.79. The van der Waals surface area contributed by atoms with Crippen LogP contribution in [-0.2, 0) is 6.54 Å². The Morgan fingerprint density at radius 2 is 1.94 bits per heavy atom. The van der Waals surface area contributed by atoms with Gasteiger partial charge in [0, 0.05) is 33.2 Å². The van der Waals surface area contributed by atoms with Gasteiger partial charge in [-0.2, -0.15) is 0 Å². The van der Waals surface area contributed by atoms with Crippen molar-refractivity contribution in [1.29, 1.82) is 0 Å². The molecule has 0 saturated heterocycles. The summed E-state index contributed by atoms with van der Waals surface area (Å²) in [5, 5.41) is 0. The topological polar surface area (TPSA) is 38.9 Å². The third kappa shape index (κ3) is 2.84. The number of aromatic nitrogens is 1. The quantitative estimate of drug-likeness (QED) is 0.942. The smallest absolute Gasteiger partial charge is 0.0410 e. The summed E-state index contributed by atoms with van der Waals surface area (Å²) in [5.74, 6) is 0. The van der Waals surface area contributed by atoms with Gasteiger partial charge in [-0.05, 0) is 35.9 Å². The van der Waals surface area contributed by atoms with Gasteiger partial charge < -0.3 is 5.73 Å². The fraction of sp³-hybridized carbons (Fsp3) is 0.0833. The van der Waals surface area contributed by atoms with Gasteiger partial charge in [0.05, 0.1) is 0 Å². The summed E-state index contributed by atoms with van der Waals surface area (Å²) in [7, 11) is 0. The first kappa shape index (κ1) is 11.6. The number of pyridine rings is 1. The molecule has 16 heavy (non-hydrogen) atoms. The first-order valence-corrected chi connectivity index (χ1v) is 6.47. The Kier molecular flexibility index (Phi) is 3.98. The van der Waals surface area contributed by atoms with Crippen molar-refractivity contribution in [3.63, 3.8) is 0 Å². The Morgan fingerprint density at radius 3 is 2.62 bits per heavy atom. The summed E-state index contributed by atoms with van der Waals surface area (Å²) in [6.45, 7) is 0.543. The molecule has 0 aliphatic rings. The summed E-state index contributed by atoms with van der Waals surface area (Å²) in [6, 6.07) is 10.2. The van der Waals surface area contributed by atoms with E-state index in [1.807, 2.05) is 24.4 Å². The molecule has 2 nitrogen and oxygen atoms in total. The molecule has 0 unspecified atom stereocenters. The van der Waals surface area contributed by atoms with Crippen LogP contribution in [0.4, 0.5) is 0 Å². The van der Waals surface area contributed by atoms with Gasteiger partial charge in [-0.1, -0.05) is 27.7 Å². The second-order valence-corrected chi connectivity index (χ2v) is 5.27. The molecule has 0 radical (unpaired) electrons. The molecule has 0 fully saturated rings. The Labute approximate surface area is 107 Å². The molecule has 2 rings (SSSR count). The van der Waals surface area contributed by atoms with Crippen molar-refractivity contribution in [2.75, 3.05) is 0 Å². The number of hydrogen-bond acceptors (Lipinski definition) is 3. The summed E-state index contributed by atoms with van der Waals surface area (Å²) in [4.78, 5) is 6.43. The largest absolute Gasteiger partial charge is 0.326 e. The fourth-order valence-corrected chi connectivity index (χ4v) is 2.49. The van der Waals surface area contributed by atoms with Gasteiger partial charge in [0.1, 0.15) is 0 Å². The predicted octanol–water partition coefficient (Wildman–Crippen LogP) is 3.45. The number of nitrogens with two attached hydrogens (primary N) is 1. The zero-order valence-corrected chi connectivity index (χ0v) is 11.0. The van der Waals surface area contributed by atoms with E-state index in [0.29, 0.717) is 6.54 Å². The number of halogens is 1. The van der Waals surface area contributed by atoms with Crippen LogP contribution >= 0.6 is 27.7 Å². The molecule has 0 aliphatic heterocycles. The van der Waals surface area contributed by atoms with E-state index < -0.39 is 0 Å². The molecule has 1 heterocycles. The third-order valence-electron chi connectivity index (χ3n) is 2.13. The Morgan fingerprint density at radius 1 is 1.19 bits per heavy atom. The third-order valence-corrected chi connectivity index (χ3v) is 3.76. The van der Waals surface area contributed by atoms with Gasteiger partial charge in [-0.15, -0.1) is 0 Å². The molecule has 82 valence electrons. The van der Waals surface area contributed by atoms with Crippen molar-refractivity contribution in [3.05, 3.63) is 52.8 Å². The Hall–Kier alpha value is -0.840. The molecule has 0 amide bonds. The summed E-state index contributed by atoms with van der Waals surface area (Å²) in [6.07, 6.45) is 3.63. The van der Waals surface area contributed by atoms with E-state index in [0.717, 1.165) is 14.9 Å². The van der Waals surface area contributed by atoms with E-state index in [-0.39, 0.29) is 0 Å². The minimum absolute atomic E-state index is 0.543. The molecule has 0 bridgehead atoms. The lowest BCUT2D eigenvalue weighted by Crippen LogP contribution is -1.98. The maximum atomic E-state index is 5.68. The summed E-state index contributed by atoms with van der Waals surface area (Å²) in [5.41, 5.74) is 6.81. The minimum Gasteiger partial charge on any atom is -0.326 e. The monoisotopic (exact) mass is 294 g/mol. The van der Waals surface area contributed by atoms with Crippen LogP contribution in [0.25, 0.3) is 0 Å². The van der Waals surface area contributed by atoms with Crippen LogP contribution in [0, 0.1) is 0 Å². The van der Waals surface area contributed by atoms with Crippen molar-refractivity contribution in [1.82, 2.24) is 4.98 Å². The van der Waals surface area contributed by atoms with Gasteiger partial charge in [0.2, 0.25) is 0 Å². The predicted molar refractivity (Wildman–Crippen MR) is 70.4 cm³/mol. The molecule has 0 atom stereocenters. The second-order valence-electron chi connectivity index (χ2n) is 3.24. The van der Waals surface area contributed by atoms with E-state index in [1.165, 1.54) is 4.90 Å². The van der Waals surface area contributed by atoms with Gasteiger partial charge in [-0.3, -0.25) is 4.98 Å². The highest BCUT2D eigenvalue weighted by Gasteiger charge is 2.02. The van der Waals surface area contributed by atoms with Crippen molar-refractivity contribution in [2.24, 2.45) is 5.73 Å². The maximum absolute atomic E-state index is 5.68. The van der Waals surface area contributed by atoms with Crippen LogP contribution in [0.1, 0.15) is 5.56 Å². The highest BCUT2D eigenvalue weighted by molar-refractivity contribution is 9.10. The molecule has 1 aromatic heterocycles. The lowest BCUT2D eigenvalue weighted by atomic mass is 10.3. The number of hydrogen-bond donors (Lipinski definition) is 1. The van der Waals surface area contributed by atoms with Crippen LogP contribution in [0.15, 0.2) is 57.0 Å². The average Bonchev–Trinajstić information content (AvgIpc) is 2.33. The molecule has 0 spiro atoms. The van der Waals surface area contributed by atoms with Crippen molar-refractivity contribution >= 4 is 27.7 Å². The molecule has 0 aliphatic carbocycles. The number of rotatable bonds is 3. The first-order valence-electron chi connectivity index (χ1n) is 4.86. The van der Waals surface area contributed by atoms with Crippen molar-refractivity contribution in [2.45, 2.75) is 16.3 Å². The maximum Gasteiger partial charge on any atom is 0.0410 e. The van der Waals surface area contributed by atoms with E-state index in [9.17, 15) is 0 Å². The van der Waals surface area contributed by atoms with Crippen LogP contribution < -0.4 is 5.73 Å². The van der Waals surface area contributed by atoms with E-state index in [1.54, 1.807) is 18.0 Å². The number of benzene rings is 1. The SMILES string of the molecule is NCc1ccncc1Sc1ccc(Br)cc1. The summed E-state index contributed by atoms with van der Waals surface area (Å²) >= 11 is 5.10. The zero-order chi connectivity index (χ0) is 11.4. The molecule has 4 heteroatoms. The van der Waals surface area contributed by atoms with E-state index in [2.05, 4.69) is 33.0 Å². The van der Waals surface area contributed by atoms with Gasteiger partial charge >= 0.3 is 0 Å². The average molecular weight is 295 g/mol. The van der Waals surface area contributed by atoms with Gasteiger partial charge in [0.25, 0.3) is 0 Å². The van der Waals surface area contributed by atoms with E-state index in [4.69, 9.17) is 5.73 Å². The molecular formula is C12H11BrN2S. The summed E-state index contributed by atoms with van der Waals surface area (Å²) < 4.78 is 1.09. The normalized spacial score (nSPS) is 10.4. The van der Waals surface area contributed by atoms with Gasteiger partial charge in [0.15, 0.2) is 0 Å².